The zero-order valence-electron chi connectivity index (χ0n) is 14.9. The first-order valence-corrected chi connectivity index (χ1v) is 7.78. The highest BCUT2D eigenvalue weighted by Crippen LogP contribution is 2.43. The maximum absolute atomic E-state index is 12.4. The van der Waals surface area contributed by atoms with Crippen molar-refractivity contribution in [1.29, 1.82) is 5.26 Å². The van der Waals surface area contributed by atoms with E-state index in [2.05, 4.69) is 11.4 Å². The fourth-order valence-corrected chi connectivity index (χ4v) is 3.18. The number of aliphatic hydroxyl groups is 1. The molecule has 1 aromatic rings. The average Bonchev–Trinajstić information content (AvgIpc) is 2.59. The van der Waals surface area contributed by atoms with Gasteiger partial charge in [-0.3, -0.25) is 14.9 Å². The van der Waals surface area contributed by atoms with Crippen LogP contribution in [0.2, 0.25) is 0 Å². The molecular formula is C17H20N4O5. The molecule has 0 aliphatic carbocycles. The Bertz CT molecular complexity index is 810. The van der Waals surface area contributed by atoms with E-state index in [-0.39, 0.29) is 11.3 Å². The molecule has 9 heteroatoms. The van der Waals surface area contributed by atoms with E-state index in [1.54, 1.807) is 25.1 Å². The van der Waals surface area contributed by atoms with Crippen molar-refractivity contribution in [3.8, 4) is 6.07 Å². The van der Waals surface area contributed by atoms with Gasteiger partial charge in [-0.15, -0.1) is 0 Å². The van der Waals surface area contributed by atoms with Gasteiger partial charge in [0.15, 0.2) is 0 Å². The number of rotatable bonds is 4. The van der Waals surface area contributed by atoms with E-state index in [0.717, 1.165) is 0 Å². The minimum atomic E-state index is -1.73. The van der Waals surface area contributed by atoms with Gasteiger partial charge in [-0.2, -0.15) is 5.26 Å². The van der Waals surface area contributed by atoms with E-state index < -0.39 is 28.5 Å². The number of nitro benzene ring substituents is 1. The van der Waals surface area contributed by atoms with Gasteiger partial charge in [-0.25, -0.2) is 0 Å². The molecule has 0 bridgehead atoms. The molecule has 0 fully saturated rings. The van der Waals surface area contributed by atoms with E-state index >= 15 is 0 Å². The van der Waals surface area contributed by atoms with E-state index in [1.165, 1.54) is 32.2 Å². The molecule has 0 amide bonds. The maximum Gasteiger partial charge on any atom is 0.314 e. The molecule has 26 heavy (non-hydrogen) atoms. The van der Waals surface area contributed by atoms with Gasteiger partial charge in [0.1, 0.15) is 17.5 Å². The molecule has 0 saturated carbocycles. The van der Waals surface area contributed by atoms with Gasteiger partial charge < -0.3 is 20.1 Å². The molecule has 9 nitrogen and oxygen atoms in total. The van der Waals surface area contributed by atoms with E-state index in [9.17, 15) is 25.3 Å². The van der Waals surface area contributed by atoms with Gasteiger partial charge in [-0.05, 0) is 12.5 Å². The summed E-state index contributed by atoms with van der Waals surface area (Å²) in [7, 11) is 4.54. The van der Waals surface area contributed by atoms with Gasteiger partial charge >= 0.3 is 5.97 Å². The number of hydrogen-bond donors (Lipinski definition) is 2. The Kier molecular flexibility index (Phi) is 5.18. The second kappa shape index (κ2) is 7.01. The topological polar surface area (TPSA) is 129 Å². The number of nitro groups is 1. The van der Waals surface area contributed by atoms with E-state index in [0.29, 0.717) is 11.4 Å². The maximum atomic E-state index is 12.4. The Morgan fingerprint density at radius 2 is 2.15 bits per heavy atom. The van der Waals surface area contributed by atoms with Crippen LogP contribution in [0.1, 0.15) is 18.4 Å². The summed E-state index contributed by atoms with van der Waals surface area (Å²) in [4.78, 5) is 24.6. The zero-order valence-corrected chi connectivity index (χ0v) is 14.9. The van der Waals surface area contributed by atoms with E-state index in [4.69, 9.17) is 4.74 Å². The monoisotopic (exact) mass is 360 g/mol. The number of hydrogen-bond acceptors (Lipinski definition) is 8. The highest BCUT2D eigenvalue weighted by Gasteiger charge is 2.51. The molecule has 1 aliphatic rings. The molecule has 0 spiro atoms. The van der Waals surface area contributed by atoms with Gasteiger partial charge in [0.2, 0.25) is 0 Å². The summed E-state index contributed by atoms with van der Waals surface area (Å²) in [6.07, 6.45) is 0. The number of non-ortho nitro benzene ring substituents is 1. The largest absolute Gasteiger partial charge is 0.469 e. The number of benzene rings is 1. The van der Waals surface area contributed by atoms with Crippen molar-refractivity contribution in [2.75, 3.05) is 21.2 Å². The van der Waals surface area contributed by atoms with Crippen molar-refractivity contribution in [2.45, 2.75) is 18.6 Å². The fraction of sp³-hybridized carbons (Fsp3) is 0.412. The van der Waals surface area contributed by atoms with Crippen LogP contribution in [-0.4, -0.2) is 47.8 Å². The quantitative estimate of drug-likeness (QED) is 0.463. The summed E-state index contributed by atoms with van der Waals surface area (Å²) >= 11 is 0. The molecule has 1 aliphatic heterocycles. The smallest absolute Gasteiger partial charge is 0.314 e. The summed E-state index contributed by atoms with van der Waals surface area (Å²) in [6, 6.07) is 7.74. The number of carbonyl (C=O) groups is 1. The highest BCUT2D eigenvalue weighted by atomic mass is 16.6. The first-order valence-electron chi connectivity index (χ1n) is 7.78. The lowest BCUT2D eigenvalue weighted by Crippen LogP contribution is -2.59. The normalized spacial score (nSPS) is 25.1. The van der Waals surface area contributed by atoms with Crippen molar-refractivity contribution < 1.29 is 19.6 Å². The Labute approximate surface area is 150 Å². The molecular weight excluding hydrogens is 340 g/mol. The van der Waals surface area contributed by atoms with Crippen LogP contribution in [0.3, 0.4) is 0 Å². The molecule has 2 rings (SSSR count). The van der Waals surface area contributed by atoms with Crippen molar-refractivity contribution in [2.24, 2.45) is 5.92 Å². The Morgan fingerprint density at radius 1 is 1.50 bits per heavy atom. The van der Waals surface area contributed by atoms with Gasteiger partial charge in [0.05, 0.1) is 23.7 Å². The number of nitriles is 1. The van der Waals surface area contributed by atoms with E-state index in [1.807, 2.05) is 0 Å². The molecule has 1 aromatic carbocycles. The third kappa shape index (κ3) is 3.32. The lowest BCUT2D eigenvalue weighted by atomic mass is 9.73. The van der Waals surface area contributed by atoms with Crippen LogP contribution in [0.5, 0.6) is 0 Å². The SMILES string of the molecule is COC(=O)C1C(c2cccc([N+](=O)[O-])c2)C(C#N)=C(N(C)C)NC1(C)O. The van der Waals surface area contributed by atoms with Crippen LogP contribution in [0.15, 0.2) is 35.7 Å². The Hall–Kier alpha value is -3.12. The minimum absolute atomic E-state index is 0.173. The standard InChI is InChI=1S/C17H20N4O5/c1-17(23)14(16(22)26-4)13(12(9-18)15(19-17)20(2)3)10-6-5-7-11(8-10)21(24)25/h5-8,13-14,19,23H,1-4H3. The van der Waals surface area contributed by atoms with Gasteiger partial charge in [0.25, 0.3) is 5.69 Å². The third-order valence-electron chi connectivity index (χ3n) is 4.34. The molecule has 0 aromatic heterocycles. The zero-order chi connectivity index (χ0) is 19.6. The van der Waals surface area contributed by atoms with Gasteiger partial charge in [-0.1, -0.05) is 12.1 Å². The van der Waals surface area contributed by atoms with Crippen molar-refractivity contribution in [1.82, 2.24) is 10.2 Å². The lowest BCUT2D eigenvalue weighted by molar-refractivity contribution is -0.384. The number of esters is 1. The summed E-state index contributed by atoms with van der Waals surface area (Å²) in [5, 5.41) is 34.5. The van der Waals surface area contributed by atoms with Crippen molar-refractivity contribution in [3.63, 3.8) is 0 Å². The molecule has 0 saturated heterocycles. The van der Waals surface area contributed by atoms with Crippen LogP contribution < -0.4 is 5.32 Å². The first kappa shape index (κ1) is 19.2. The number of carbonyl (C=O) groups excluding carboxylic acids is 1. The second-order valence-electron chi connectivity index (χ2n) is 6.37. The number of allylic oxidation sites excluding steroid dienone is 1. The molecule has 138 valence electrons. The Morgan fingerprint density at radius 3 is 2.65 bits per heavy atom. The molecule has 1 heterocycles. The van der Waals surface area contributed by atoms with Gasteiger partial charge in [0, 0.05) is 32.1 Å². The van der Waals surface area contributed by atoms with Crippen molar-refractivity contribution >= 4 is 11.7 Å². The average molecular weight is 360 g/mol. The summed E-state index contributed by atoms with van der Waals surface area (Å²) in [6.45, 7) is 1.40. The lowest BCUT2D eigenvalue weighted by Gasteiger charge is -2.44. The van der Waals surface area contributed by atoms with Crippen LogP contribution in [0, 0.1) is 27.4 Å². The minimum Gasteiger partial charge on any atom is -0.469 e. The van der Waals surface area contributed by atoms with Crippen LogP contribution in [0.25, 0.3) is 0 Å². The van der Waals surface area contributed by atoms with Crippen LogP contribution >= 0.6 is 0 Å². The van der Waals surface area contributed by atoms with Crippen LogP contribution in [-0.2, 0) is 9.53 Å². The van der Waals surface area contributed by atoms with Crippen LogP contribution in [0.4, 0.5) is 5.69 Å². The number of nitrogens with one attached hydrogen (secondary N) is 1. The summed E-state index contributed by atoms with van der Waals surface area (Å²) in [5.74, 6) is -2.49. The predicted octanol–water partition coefficient (Wildman–Crippen LogP) is 1.08. The second-order valence-corrected chi connectivity index (χ2v) is 6.37. The number of nitrogens with zero attached hydrogens (tertiary/aromatic N) is 3. The molecule has 2 N–H and O–H groups in total. The molecule has 3 atom stereocenters. The number of methoxy groups -OCH3 is 1. The Balaban J connectivity index is 2.77. The molecule has 3 unspecified atom stereocenters. The van der Waals surface area contributed by atoms with Crippen molar-refractivity contribution in [3.05, 3.63) is 51.3 Å². The summed E-state index contributed by atoms with van der Waals surface area (Å²) < 4.78 is 4.82. The third-order valence-corrected chi connectivity index (χ3v) is 4.34. The number of ether oxygens (including phenoxy) is 1. The first-order chi connectivity index (χ1) is 12.1. The predicted molar refractivity (Wildman–Crippen MR) is 91.4 cm³/mol. The summed E-state index contributed by atoms with van der Waals surface area (Å²) in [5.41, 5.74) is -1.36. The molecule has 0 radical (unpaired) electrons. The fourth-order valence-electron chi connectivity index (χ4n) is 3.18. The highest BCUT2D eigenvalue weighted by molar-refractivity contribution is 5.77.